The third-order valence-corrected chi connectivity index (χ3v) is 5.20. The molecule has 0 unspecified atom stereocenters. The van der Waals surface area contributed by atoms with Crippen LogP contribution in [0.2, 0.25) is 0 Å². The molecule has 1 aliphatic carbocycles. The topological polar surface area (TPSA) is 36.9 Å². The van der Waals surface area contributed by atoms with Crippen LogP contribution in [-0.4, -0.2) is 27.8 Å². The van der Waals surface area contributed by atoms with E-state index in [1.807, 2.05) is 24.3 Å². The maximum Gasteiger partial charge on any atom is 0.188 e. The van der Waals surface area contributed by atoms with E-state index >= 15 is 0 Å². The van der Waals surface area contributed by atoms with Gasteiger partial charge >= 0.3 is 0 Å². The molecule has 0 spiro atoms. The molecule has 0 saturated heterocycles. The van der Waals surface area contributed by atoms with E-state index in [9.17, 15) is 0 Å². The predicted octanol–water partition coefficient (Wildman–Crippen LogP) is 5.66. The normalized spacial score (nSPS) is 16.7. The van der Waals surface area contributed by atoms with Gasteiger partial charge < -0.3 is 18.9 Å². The van der Waals surface area contributed by atoms with E-state index < -0.39 is 0 Å². The van der Waals surface area contributed by atoms with Crippen LogP contribution in [0, 0.1) is 5.92 Å². The first-order chi connectivity index (χ1) is 13.7. The molecule has 0 aromatic heterocycles. The number of rotatable bonds is 8. The first-order valence-corrected chi connectivity index (χ1v) is 9.87. The lowest BCUT2D eigenvalue weighted by molar-refractivity contribution is 0.0509. The van der Waals surface area contributed by atoms with Gasteiger partial charge in [-0.15, -0.1) is 0 Å². The molecule has 1 aliphatic rings. The highest BCUT2D eigenvalue weighted by atomic mass is 16.7. The average molecular weight is 383 g/mol. The lowest BCUT2D eigenvalue weighted by atomic mass is 9.81. The van der Waals surface area contributed by atoms with E-state index in [-0.39, 0.29) is 13.6 Å². The Balaban J connectivity index is 1.91. The summed E-state index contributed by atoms with van der Waals surface area (Å²) in [5.41, 5.74) is 5.32. The summed E-state index contributed by atoms with van der Waals surface area (Å²) < 4.78 is 21.1. The molecule has 4 heteroatoms. The van der Waals surface area contributed by atoms with Crippen molar-refractivity contribution in [3.8, 4) is 11.5 Å². The zero-order valence-electron chi connectivity index (χ0n) is 17.1. The van der Waals surface area contributed by atoms with E-state index in [0.29, 0.717) is 0 Å². The molecule has 0 amide bonds. The zero-order chi connectivity index (χ0) is 19.8. The van der Waals surface area contributed by atoms with Crippen molar-refractivity contribution >= 4 is 5.57 Å². The van der Waals surface area contributed by atoms with Gasteiger partial charge in [-0.1, -0.05) is 36.8 Å². The minimum absolute atomic E-state index is 0.258. The van der Waals surface area contributed by atoms with Gasteiger partial charge in [-0.2, -0.15) is 0 Å². The summed E-state index contributed by atoms with van der Waals surface area (Å²) in [6, 6.07) is 16.6. The maximum absolute atomic E-state index is 5.54. The van der Waals surface area contributed by atoms with E-state index in [1.54, 1.807) is 14.2 Å². The van der Waals surface area contributed by atoms with Crippen molar-refractivity contribution in [1.29, 1.82) is 0 Å². The van der Waals surface area contributed by atoms with Gasteiger partial charge in [-0.05, 0) is 72.6 Å². The van der Waals surface area contributed by atoms with Gasteiger partial charge in [-0.3, -0.25) is 0 Å². The van der Waals surface area contributed by atoms with Crippen LogP contribution in [0.5, 0.6) is 11.5 Å². The molecular formula is C24H30O4. The molecule has 3 rings (SSSR count). The molecule has 1 saturated carbocycles. The van der Waals surface area contributed by atoms with Crippen molar-refractivity contribution in [2.24, 2.45) is 5.92 Å². The third kappa shape index (κ3) is 5.37. The van der Waals surface area contributed by atoms with Crippen LogP contribution in [0.1, 0.15) is 43.7 Å². The summed E-state index contributed by atoms with van der Waals surface area (Å²) in [4.78, 5) is 0. The van der Waals surface area contributed by atoms with E-state index in [2.05, 4.69) is 31.2 Å². The second kappa shape index (κ2) is 10.3. The van der Waals surface area contributed by atoms with E-state index in [4.69, 9.17) is 18.9 Å². The molecule has 28 heavy (non-hydrogen) atoms. The van der Waals surface area contributed by atoms with Crippen molar-refractivity contribution in [2.45, 2.75) is 32.6 Å². The Kier molecular flexibility index (Phi) is 7.52. The quantitative estimate of drug-likeness (QED) is 0.552. The van der Waals surface area contributed by atoms with Gasteiger partial charge in [0.25, 0.3) is 0 Å². The molecule has 2 aromatic carbocycles. The fourth-order valence-electron chi connectivity index (χ4n) is 3.63. The summed E-state index contributed by atoms with van der Waals surface area (Å²) in [5.74, 6) is 2.44. The first kappa shape index (κ1) is 20.4. The smallest absolute Gasteiger partial charge is 0.188 e. The molecule has 1 fully saturated rings. The van der Waals surface area contributed by atoms with Crippen LogP contribution >= 0.6 is 0 Å². The van der Waals surface area contributed by atoms with Crippen molar-refractivity contribution < 1.29 is 18.9 Å². The third-order valence-electron chi connectivity index (χ3n) is 5.20. The van der Waals surface area contributed by atoms with Crippen LogP contribution in [0.25, 0.3) is 5.57 Å². The minimum Gasteiger partial charge on any atom is -0.468 e. The highest BCUT2D eigenvalue weighted by Gasteiger charge is 2.18. The van der Waals surface area contributed by atoms with Crippen LogP contribution < -0.4 is 9.47 Å². The number of benzene rings is 2. The Morgan fingerprint density at radius 1 is 0.750 bits per heavy atom. The second-order valence-corrected chi connectivity index (χ2v) is 7.31. The molecule has 0 bridgehead atoms. The van der Waals surface area contributed by atoms with Crippen LogP contribution in [0.15, 0.2) is 54.1 Å². The molecule has 150 valence electrons. The van der Waals surface area contributed by atoms with Gasteiger partial charge in [0, 0.05) is 14.2 Å². The Hall–Kier alpha value is -2.30. The number of hydrogen-bond acceptors (Lipinski definition) is 4. The van der Waals surface area contributed by atoms with Crippen molar-refractivity contribution in [3.05, 3.63) is 65.2 Å². The fraction of sp³-hybridized carbons (Fsp3) is 0.417. The monoisotopic (exact) mass is 382 g/mol. The number of allylic oxidation sites excluding steroid dienone is 1. The van der Waals surface area contributed by atoms with Crippen LogP contribution in [0.4, 0.5) is 0 Å². The van der Waals surface area contributed by atoms with E-state index in [0.717, 1.165) is 30.3 Å². The number of hydrogen-bond donors (Lipinski definition) is 0. The fourth-order valence-corrected chi connectivity index (χ4v) is 3.63. The summed E-state index contributed by atoms with van der Waals surface area (Å²) in [5, 5.41) is 0. The SMILES string of the molecule is COCOc1ccc(C(=C2CCC(C)CC2)c2ccc(OCOC)cc2)cc1. The molecule has 0 heterocycles. The Labute approximate surface area is 168 Å². The molecular weight excluding hydrogens is 352 g/mol. The first-order valence-electron chi connectivity index (χ1n) is 9.87. The van der Waals surface area contributed by atoms with Gasteiger partial charge in [0.2, 0.25) is 0 Å². The van der Waals surface area contributed by atoms with E-state index in [1.165, 1.54) is 35.1 Å². The molecule has 2 aromatic rings. The highest BCUT2D eigenvalue weighted by molar-refractivity contribution is 5.82. The molecule has 0 radical (unpaired) electrons. The van der Waals surface area contributed by atoms with Gasteiger partial charge in [0.15, 0.2) is 13.6 Å². The summed E-state index contributed by atoms with van der Waals surface area (Å²) >= 11 is 0. The predicted molar refractivity (Wildman–Crippen MR) is 112 cm³/mol. The van der Waals surface area contributed by atoms with Crippen molar-refractivity contribution in [3.63, 3.8) is 0 Å². The van der Waals surface area contributed by atoms with Crippen molar-refractivity contribution in [1.82, 2.24) is 0 Å². The minimum atomic E-state index is 0.258. The van der Waals surface area contributed by atoms with Crippen molar-refractivity contribution in [2.75, 3.05) is 27.8 Å². The van der Waals surface area contributed by atoms with Gasteiger partial charge in [0.1, 0.15) is 11.5 Å². The lowest BCUT2D eigenvalue weighted by Crippen LogP contribution is -2.07. The Morgan fingerprint density at radius 3 is 1.57 bits per heavy atom. The largest absolute Gasteiger partial charge is 0.468 e. The average Bonchev–Trinajstić information content (AvgIpc) is 2.74. The summed E-state index contributed by atoms with van der Waals surface area (Å²) in [7, 11) is 3.25. The Morgan fingerprint density at radius 2 is 1.18 bits per heavy atom. The summed E-state index contributed by atoms with van der Waals surface area (Å²) in [6.45, 7) is 2.86. The summed E-state index contributed by atoms with van der Waals surface area (Å²) in [6.07, 6.45) is 4.81. The molecule has 0 atom stereocenters. The zero-order valence-corrected chi connectivity index (χ0v) is 17.1. The molecule has 0 aliphatic heterocycles. The molecule has 0 N–H and O–H groups in total. The van der Waals surface area contributed by atoms with Gasteiger partial charge in [-0.25, -0.2) is 0 Å². The second-order valence-electron chi connectivity index (χ2n) is 7.31. The van der Waals surface area contributed by atoms with Crippen LogP contribution in [-0.2, 0) is 9.47 Å². The van der Waals surface area contributed by atoms with Gasteiger partial charge in [0.05, 0.1) is 0 Å². The highest BCUT2D eigenvalue weighted by Crippen LogP contribution is 2.37. The molecule has 4 nitrogen and oxygen atoms in total. The number of ether oxygens (including phenoxy) is 4. The maximum atomic E-state index is 5.54. The van der Waals surface area contributed by atoms with Crippen LogP contribution in [0.3, 0.4) is 0 Å². The Bertz CT molecular complexity index is 699. The number of methoxy groups -OCH3 is 2. The standard InChI is InChI=1S/C24H30O4/c1-18-4-6-19(7-5-18)24(20-8-12-22(13-9-20)27-16-25-2)21-10-14-23(15-11-21)28-17-26-3/h8-15,18H,4-7,16-17H2,1-3H3. The lowest BCUT2D eigenvalue weighted by Gasteiger charge is -2.24.